The first-order valence-corrected chi connectivity index (χ1v) is 9.64. The molecular formula is C20H24FN3S. The molecule has 1 aromatic carbocycles. The van der Waals surface area contributed by atoms with Crippen molar-refractivity contribution < 1.29 is 4.39 Å². The number of rotatable bonds is 7. The van der Waals surface area contributed by atoms with Crippen molar-refractivity contribution in [2.75, 3.05) is 23.7 Å². The highest BCUT2D eigenvalue weighted by atomic mass is 32.2. The zero-order chi connectivity index (χ0) is 17.8. The van der Waals surface area contributed by atoms with Crippen molar-refractivity contribution >= 4 is 23.3 Å². The first-order chi connectivity index (χ1) is 12.1. The van der Waals surface area contributed by atoms with E-state index in [1.54, 1.807) is 23.9 Å². The zero-order valence-corrected chi connectivity index (χ0v) is 15.6. The summed E-state index contributed by atoms with van der Waals surface area (Å²) in [5.74, 6) is 1.80. The molecule has 2 heterocycles. The van der Waals surface area contributed by atoms with E-state index >= 15 is 0 Å². The number of aryl methyl sites for hydroxylation is 1. The maximum Gasteiger partial charge on any atom is 0.130 e. The van der Waals surface area contributed by atoms with Gasteiger partial charge in [0.2, 0.25) is 0 Å². The molecule has 0 radical (unpaired) electrons. The van der Waals surface area contributed by atoms with E-state index in [2.05, 4.69) is 36.7 Å². The quantitative estimate of drug-likeness (QED) is 0.733. The van der Waals surface area contributed by atoms with E-state index in [1.165, 1.54) is 18.1 Å². The number of halogens is 1. The van der Waals surface area contributed by atoms with E-state index in [0.717, 1.165) is 46.5 Å². The van der Waals surface area contributed by atoms with Crippen LogP contribution in [0.1, 0.15) is 30.0 Å². The highest BCUT2D eigenvalue weighted by Gasteiger charge is 2.20. The van der Waals surface area contributed by atoms with E-state index in [4.69, 9.17) is 4.98 Å². The largest absolute Gasteiger partial charge is 0.381 e. The molecule has 0 bridgehead atoms. The van der Waals surface area contributed by atoms with Gasteiger partial charge in [0.15, 0.2) is 0 Å². The average Bonchev–Trinajstić information content (AvgIpc) is 2.51. The van der Waals surface area contributed by atoms with E-state index in [-0.39, 0.29) is 5.82 Å². The Hall–Kier alpha value is -2.01. The number of anilines is 1. The number of pyridine rings is 1. The molecule has 1 saturated heterocycles. The van der Waals surface area contributed by atoms with Crippen molar-refractivity contribution in [1.82, 2.24) is 10.3 Å². The first kappa shape index (κ1) is 17.8. The van der Waals surface area contributed by atoms with Crippen LogP contribution in [0, 0.1) is 12.7 Å². The van der Waals surface area contributed by atoms with Gasteiger partial charge in [0.05, 0.1) is 0 Å². The first-order valence-electron chi connectivity index (χ1n) is 8.65. The number of hydrogen-bond donors (Lipinski definition) is 1. The molecule has 0 atom stereocenters. The molecule has 3 nitrogen and oxygen atoms in total. The van der Waals surface area contributed by atoms with Gasteiger partial charge in [-0.25, -0.2) is 9.37 Å². The predicted molar refractivity (Wildman–Crippen MR) is 104 cm³/mol. The van der Waals surface area contributed by atoms with Crippen molar-refractivity contribution in [3.63, 3.8) is 0 Å². The van der Waals surface area contributed by atoms with Crippen LogP contribution in [0.4, 0.5) is 10.2 Å². The van der Waals surface area contributed by atoms with Gasteiger partial charge in [-0.3, -0.25) is 0 Å². The van der Waals surface area contributed by atoms with Gasteiger partial charge in [0.25, 0.3) is 0 Å². The van der Waals surface area contributed by atoms with Gasteiger partial charge in [0.1, 0.15) is 16.7 Å². The minimum atomic E-state index is -0.219. The van der Waals surface area contributed by atoms with Crippen molar-refractivity contribution in [3.05, 3.63) is 59.4 Å². The van der Waals surface area contributed by atoms with Gasteiger partial charge in [-0.05, 0) is 48.4 Å². The standard InChI is InChI=1S/C20H24FN3S/c1-4-25-20-19(14(2)11-18(23-20)24-9-6-10-24)15(3)22-13-16-7-5-8-17(21)12-16/h5,7-8,11-12,22H,3-4,6,9-10,13H2,1-2H3. The Balaban J connectivity index is 1.80. The maximum atomic E-state index is 13.3. The molecule has 1 aliphatic rings. The Bertz CT molecular complexity index is 772. The van der Waals surface area contributed by atoms with Crippen molar-refractivity contribution in [1.29, 1.82) is 0 Å². The average molecular weight is 357 g/mol. The third-order valence-corrected chi connectivity index (χ3v) is 5.19. The summed E-state index contributed by atoms with van der Waals surface area (Å²) in [7, 11) is 0. The lowest BCUT2D eigenvalue weighted by Gasteiger charge is -2.33. The smallest absolute Gasteiger partial charge is 0.130 e. The van der Waals surface area contributed by atoms with Gasteiger partial charge in [-0.1, -0.05) is 25.6 Å². The molecule has 1 aliphatic heterocycles. The van der Waals surface area contributed by atoms with E-state index in [0.29, 0.717) is 6.54 Å². The van der Waals surface area contributed by atoms with Crippen LogP contribution < -0.4 is 10.2 Å². The molecule has 5 heteroatoms. The normalized spacial score (nSPS) is 13.5. The lowest BCUT2D eigenvalue weighted by atomic mass is 10.1. The van der Waals surface area contributed by atoms with Crippen LogP contribution in [0.15, 0.2) is 41.9 Å². The fraction of sp³-hybridized carbons (Fsp3) is 0.350. The second-order valence-electron chi connectivity index (χ2n) is 6.21. The summed E-state index contributed by atoms with van der Waals surface area (Å²) < 4.78 is 13.3. The molecule has 0 saturated carbocycles. The summed E-state index contributed by atoms with van der Waals surface area (Å²) >= 11 is 1.74. The van der Waals surface area contributed by atoms with Crippen LogP contribution in [-0.2, 0) is 6.54 Å². The Kier molecular flexibility index (Phi) is 5.63. The molecule has 1 aromatic heterocycles. The molecule has 0 amide bonds. The molecule has 25 heavy (non-hydrogen) atoms. The summed E-state index contributed by atoms with van der Waals surface area (Å²) in [6.45, 7) is 11.1. The minimum absolute atomic E-state index is 0.219. The lowest BCUT2D eigenvalue weighted by Crippen LogP contribution is -2.37. The topological polar surface area (TPSA) is 28.2 Å². The third kappa shape index (κ3) is 4.15. The summed E-state index contributed by atoms with van der Waals surface area (Å²) in [5, 5.41) is 4.35. The number of nitrogens with one attached hydrogen (secondary N) is 1. The molecular weight excluding hydrogens is 333 g/mol. The summed E-state index contributed by atoms with van der Waals surface area (Å²) in [6.07, 6.45) is 1.24. The number of hydrogen-bond acceptors (Lipinski definition) is 4. The van der Waals surface area contributed by atoms with Crippen LogP contribution in [0.5, 0.6) is 0 Å². The second kappa shape index (κ2) is 7.91. The van der Waals surface area contributed by atoms with Crippen molar-refractivity contribution in [3.8, 4) is 0 Å². The van der Waals surface area contributed by atoms with Crippen LogP contribution in [0.2, 0.25) is 0 Å². The monoisotopic (exact) mass is 357 g/mol. The maximum absolute atomic E-state index is 13.3. The van der Waals surface area contributed by atoms with Crippen LogP contribution in [0.3, 0.4) is 0 Å². The van der Waals surface area contributed by atoms with Crippen LogP contribution in [0.25, 0.3) is 5.70 Å². The lowest BCUT2D eigenvalue weighted by molar-refractivity contribution is 0.606. The Morgan fingerprint density at radius 3 is 2.80 bits per heavy atom. The fourth-order valence-electron chi connectivity index (χ4n) is 2.89. The molecule has 0 unspecified atom stereocenters. The van der Waals surface area contributed by atoms with E-state index < -0.39 is 0 Å². The minimum Gasteiger partial charge on any atom is -0.381 e. The molecule has 1 fully saturated rings. The van der Waals surface area contributed by atoms with E-state index in [1.807, 2.05) is 6.07 Å². The molecule has 0 spiro atoms. The van der Waals surface area contributed by atoms with Gasteiger partial charge >= 0.3 is 0 Å². The molecule has 0 aliphatic carbocycles. The van der Waals surface area contributed by atoms with Crippen molar-refractivity contribution in [2.24, 2.45) is 0 Å². The second-order valence-corrected chi connectivity index (χ2v) is 7.47. The third-order valence-electron chi connectivity index (χ3n) is 4.33. The van der Waals surface area contributed by atoms with Crippen LogP contribution >= 0.6 is 11.8 Å². The molecule has 1 N–H and O–H groups in total. The molecule has 3 rings (SSSR count). The number of benzene rings is 1. The predicted octanol–water partition coefficient (Wildman–Crippen LogP) is 4.61. The summed E-state index contributed by atoms with van der Waals surface area (Å²) in [6, 6.07) is 8.77. The van der Waals surface area contributed by atoms with Gasteiger partial charge < -0.3 is 10.2 Å². The van der Waals surface area contributed by atoms with Gasteiger partial charge in [-0.15, -0.1) is 11.8 Å². The Morgan fingerprint density at radius 2 is 2.16 bits per heavy atom. The van der Waals surface area contributed by atoms with E-state index in [9.17, 15) is 4.39 Å². The number of thioether (sulfide) groups is 1. The number of nitrogens with zero attached hydrogens (tertiary/aromatic N) is 2. The summed E-state index contributed by atoms with van der Waals surface area (Å²) in [4.78, 5) is 7.17. The molecule has 2 aromatic rings. The molecule has 132 valence electrons. The highest BCUT2D eigenvalue weighted by Crippen LogP contribution is 2.32. The highest BCUT2D eigenvalue weighted by molar-refractivity contribution is 7.99. The Morgan fingerprint density at radius 1 is 1.36 bits per heavy atom. The van der Waals surface area contributed by atoms with Gasteiger partial charge in [-0.2, -0.15) is 0 Å². The summed E-state index contributed by atoms with van der Waals surface area (Å²) in [5.41, 5.74) is 3.96. The Labute approximate surface area is 153 Å². The zero-order valence-electron chi connectivity index (χ0n) is 14.8. The van der Waals surface area contributed by atoms with Gasteiger partial charge in [0, 0.05) is 30.9 Å². The fourth-order valence-corrected chi connectivity index (χ4v) is 3.75. The number of aromatic nitrogens is 1. The SMILES string of the molecule is C=C(NCc1cccc(F)c1)c1c(C)cc(N2CCC2)nc1SCC. The van der Waals surface area contributed by atoms with Crippen LogP contribution in [-0.4, -0.2) is 23.8 Å². The van der Waals surface area contributed by atoms with Crippen molar-refractivity contribution in [2.45, 2.75) is 31.8 Å².